The first-order valence-electron chi connectivity index (χ1n) is 10.7. The number of likely N-dealkylation sites (tertiary alicyclic amines) is 1. The van der Waals surface area contributed by atoms with E-state index < -0.39 is 6.10 Å². The average molecular weight is 409 g/mol. The standard InChI is InChI=1S/C22H37FN4O2/c1-4-24-22(25-13-21(28)16-29-15-17(2)3)26-20-9-11-27(12-10-20)14-18-5-7-19(23)8-6-18/h5-8,17,20-21,28H,4,9-16H2,1-3H3,(H2,24,25,26). The third-order valence-corrected chi connectivity index (χ3v) is 4.81. The highest BCUT2D eigenvalue weighted by Gasteiger charge is 2.20. The van der Waals surface area contributed by atoms with E-state index in [0.29, 0.717) is 31.7 Å². The number of ether oxygens (including phenoxy) is 1. The summed E-state index contributed by atoms with van der Waals surface area (Å²) in [7, 11) is 0. The van der Waals surface area contributed by atoms with E-state index in [2.05, 4.69) is 34.4 Å². The zero-order valence-electron chi connectivity index (χ0n) is 18.0. The van der Waals surface area contributed by atoms with Crippen molar-refractivity contribution in [1.29, 1.82) is 0 Å². The number of aliphatic hydroxyl groups is 1. The molecule has 0 aromatic heterocycles. The van der Waals surface area contributed by atoms with Crippen molar-refractivity contribution in [1.82, 2.24) is 15.5 Å². The van der Waals surface area contributed by atoms with Crippen LogP contribution in [0, 0.1) is 11.7 Å². The van der Waals surface area contributed by atoms with E-state index in [1.807, 2.05) is 19.1 Å². The number of hydrogen-bond acceptors (Lipinski definition) is 4. The number of aliphatic imine (C=N–C) groups is 1. The summed E-state index contributed by atoms with van der Waals surface area (Å²) in [4.78, 5) is 6.91. The van der Waals surface area contributed by atoms with Crippen molar-refractivity contribution in [2.24, 2.45) is 10.9 Å². The highest BCUT2D eigenvalue weighted by molar-refractivity contribution is 5.80. The molecule has 1 unspecified atom stereocenters. The first kappa shape index (κ1) is 23.6. The van der Waals surface area contributed by atoms with Crippen molar-refractivity contribution in [3.8, 4) is 0 Å². The number of nitrogens with zero attached hydrogens (tertiary/aromatic N) is 2. The number of piperidine rings is 1. The van der Waals surface area contributed by atoms with Gasteiger partial charge in [0.25, 0.3) is 0 Å². The van der Waals surface area contributed by atoms with E-state index >= 15 is 0 Å². The van der Waals surface area contributed by atoms with E-state index in [4.69, 9.17) is 4.74 Å². The smallest absolute Gasteiger partial charge is 0.191 e. The Hall–Kier alpha value is -1.70. The van der Waals surface area contributed by atoms with Crippen molar-refractivity contribution in [2.45, 2.75) is 52.3 Å². The minimum Gasteiger partial charge on any atom is -0.389 e. The molecule has 164 valence electrons. The van der Waals surface area contributed by atoms with E-state index in [-0.39, 0.29) is 5.82 Å². The summed E-state index contributed by atoms with van der Waals surface area (Å²) >= 11 is 0. The van der Waals surface area contributed by atoms with Gasteiger partial charge in [-0.25, -0.2) is 4.39 Å². The Bertz CT molecular complexity index is 601. The molecule has 2 rings (SSSR count). The lowest BCUT2D eigenvalue weighted by molar-refractivity contribution is 0.0301. The summed E-state index contributed by atoms with van der Waals surface area (Å²) in [6, 6.07) is 7.10. The largest absolute Gasteiger partial charge is 0.389 e. The van der Waals surface area contributed by atoms with E-state index in [1.54, 1.807) is 0 Å². The van der Waals surface area contributed by atoms with Gasteiger partial charge in [-0.15, -0.1) is 0 Å². The summed E-state index contributed by atoms with van der Waals surface area (Å²) in [6.07, 6.45) is 1.44. The van der Waals surface area contributed by atoms with Crippen LogP contribution < -0.4 is 10.6 Å². The maximum atomic E-state index is 13.0. The molecule has 1 heterocycles. The average Bonchev–Trinajstić information content (AvgIpc) is 2.69. The molecular weight excluding hydrogens is 371 g/mol. The molecule has 1 aromatic carbocycles. The van der Waals surface area contributed by atoms with Crippen LogP contribution in [0.3, 0.4) is 0 Å². The van der Waals surface area contributed by atoms with Crippen LogP contribution in [0.25, 0.3) is 0 Å². The van der Waals surface area contributed by atoms with Crippen molar-refractivity contribution < 1.29 is 14.2 Å². The van der Waals surface area contributed by atoms with Gasteiger partial charge in [0.2, 0.25) is 0 Å². The minimum absolute atomic E-state index is 0.191. The zero-order chi connectivity index (χ0) is 21.1. The van der Waals surface area contributed by atoms with Gasteiger partial charge >= 0.3 is 0 Å². The van der Waals surface area contributed by atoms with Crippen LogP contribution >= 0.6 is 0 Å². The van der Waals surface area contributed by atoms with Gasteiger partial charge in [0.15, 0.2) is 5.96 Å². The molecule has 0 radical (unpaired) electrons. The van der Waals surface area contributed by atoms with Gasteiger partial charge in [-0.2, -0.15) is 0 Å². The van der Waals surface area contributed by atoms with Gasteiger partial charge in [0.05, 0.1) is 19.3 Å². The van der Waals surface area contributed by atoms with Crippen LogP contribution in [-0.2, 0) is 11.3 Å². The molecule has 1 aromatic rings. The molecule has 0 amide bonds. The first-order chi connectivity index (χ1) is 14.0. The van der Waals surface area contributed by atoms with E-state index in [0.717, 1.165) is 50.5 Å². The highest BCUT2D eigenvalue weighted by Crippen LogP contribution is 2.14. The maximum absolute atomic E-state index is 13.0. The summed E-state index contributed by atoms with van der Waals surface area (Å²) < 4.78 is 18.5. The van der Waals surface area contributed by atoms with Crippen LogP contribution in [0.15, 0.2) is 29.3 Å². The summed E-state index contributed by atoms with van der Waals surface area (Å²) in [5.74, 6) is 1.01. The summed E-state index contributed by atoms with van der Waals surface area (Å²) in [5.41, 5.74) is 1.14. The summed E-state index contributed by atoms with van der Waals surface area (Å²) in [5, 5.41) is 16.8. The molecule has 0 saturated carbocycles. The van der Waals surface area contributed by atoms with Crippen LogP contribution in [0.1, 0.15) is 39.2 Å². The Kier molecular flexibility index (Phi) is 10.4. The van der Waals surface area contributed by atoms with Gasteiger partial charge in [0.1, 0.15) is 5.82 Å². The molecule has 3 N–H and O–H groups in total. The number of hydrogen-bond donors (Lipinski definition) is 3. The topological polar surface area (TPSA) is 69.1 Å². The second kappa shape index (κ2) is 12.8. The second-order valence-electron chi connectivity index (χ2n) is 8.13. The van der Waals surface area contributed by atoms with Crippen molar-refractivity contribution in [2.75, 3.05) is 39.4 Å². The van der Waals surface area contributed by atoms with Crippen LogP contribution in [0.4, 0.5) is 4.39 Å². The molecule has 29 heavy (non-hydrogen) atoms. The number of guanidine groups is 1. The monoisotopic (exact) mass is 408 g/mol. The fourth-order valence-electron chi connectivity index (χ4n) is 3.29. The number of rotatable bonds is 10. The quantitative estimate of drug-likeness (QED) is 0.410. The van der Waals surface area contributed by atoms with Gasteiger partial charge < -0.3 is 20.5 Å². The molecule has 1 aliphatic heterocycles. The molecule has 1 fully saturated rings. The van der Waals surface area contributed by atoms with Gasteiger partial charge in [-0.3, -0.25) is 9.89 Å². The third kappa shape index (κ3) is 9.56. The Morgan fingerprint density at radius 1 is 1.24 bits per heavy atom. The van der Waals surface area contributed by atoms with E-state index in [1.165, 1.54) is 12.1 Å². The van der Waals surface area contributed by atoms with E-state index in [9.17, 15) is 9.50 Å². The maximum Gasteiger partial charge on any atom is 0.191 e. The Balaban J connectivity index is 1.74. The molecule has 6 nitrogen and oxygen atoms in total. The first-order valence-corrected chi connectivity index (χ1v) is 10.7. The lowest BCUT2D eigenvalue weighted by Gasteiger charge is -2.33. The molecule has 0 bridgehead atoms. The van der Waals surface area contributed by atoms with Crippen LogP contribution in [0.2, 0.25) is 0 Å². The Labute approximate surface area is 174 Å². The van der Waals surface area contributed by atoms with Gasteiger partial charge in [0, 0.05) is 38.8 Å². The fraction of sp³-hybridized carbons (Fsp3) is 0.682. The predicted molar refractivity (Wildman–Crippen MR) is 115 cm³/mol. The summed E-state index contributed by atoms with van der Waals surface area (Å²) in [6.45, 7) is 11.1. The van der Waals surface area contributed by atoms with Crippen LogP contribution in [0.5, 0.6) is 0 Å². The molecule has 7 heteroatoms. The predicted octanol–water partition coefficient (Wildman–Crippen LogP) is 2.38. The molecule has 1 aliphatic rings. The number of benzene rings is 1. The van der Waals surface area contributed by atoms with Crippen molar-refractivity contribution in [3.63, 3.8) is 0 Å². The molecule has 1 atom stereocenters. The molecular formula is C22H37FN4O2. The highest BCUT2D eigenvalue weighted by atomic mass is 19.1. The van der Waals surface area contributed by atoms with Crippen LogP contribution in [-0.4, -0.2) is 67.5 Å². The SMILES string of the molecule is CCNC(=NCC(O)COCC(C)C)NC1CCN(Cc2ccc(F)cc2)CC1. The van der Waals surface area contributed by atoms with Crippen molar-refractivity contribution in [3.05, 3.63) is 35.6 Å². The second-order valence-corrected chi connectivity index (χ2v) is 8.13. The zero-order valence-corrected chi connectivity index (χ0v) is 18.0. The number of halogens is 1. The minimum atomic E-state index is -0.596. The lowest BCUT2D eigenvalue weighted by atomic mass is 10.0. The normalized spacial score (nSPS) is 17.5. The molecule has 0 aliphatic carbocycles. The number of aliphatic hydroxyl groups excluding tert-OH is 1. The Morgan fingerprint density at radius 3 is 2.55 bits per heavy atom. The van der Waals surface area contributed by atoms with Gasteiger partial charge in [-0.05, 0) is 43.4 Å². The number of nitrogens with one attached hydrogen (secondary N) is 2. The molecule has 0 spiro atoms. The third-order valence-electron chi connectivity index (χ3n) is 4.81. The van der Waals surface area contributed by atoms with Crippen molar-refractivity contribution >= 4 is 5.96 Å². The van der Waals surface area contributed by atoms with Gasteiger partial charge in [-0.1, -0.05) is 26.0 Å². The molecule has 1 saturated heterocycles. The Morgan fingerprint density at radius 2 is 1.93 bits per heavy atom. The lowest BCUT2D eigenvalue weighted by Crippen LogP contribution is -2.48. The fourth-order valence-corrected chi connectivity index (χ4v) is 3.29.